The summed E-state index contributed by atoms with van der Waals surface area (Å²) < 4.78 is 0.961. The molecular weight excluding hydrogens is 422 g/mol. The van der Waals surface area contributed by atoms with Crippen molar-refractivity contribution in [2.45, 2.75) is 29.7 Å². The highest BCUT2D eigenvalue weighted by molar-refractivity contribution is 8.00. The zero-order valence-corrected chi connectivity index (χ0v) is 18.9. The Kier molecular flexibility index (Phi) is 6.56. The first-order valence-electron chi connectivity index (χ1n) is 9.55. The van der Waals surface area contributed by atoms with Crippen LogP contribution in [0.3, 0.4) is 0 Å². The summed E-state index contributed by atoms with van der Waals surface area (Å²) in [5, 5.41) is 4.78. The fraction of sp³-hybridized carbons (Fsp3) is 0.400. The number of rotatable bonds is 6. The molecule has 1 saturated heterocycles. The Morgan fingerprint density at radius 1 is 1.38 bits per heavy atom. The number of hydrogen-bond donors (Lipinski definition) is 1. The third-order valence-electron chi connectivity index (χ3n) is 4.77. The van der Waals surface area contributed by atoms with Gasteiger partial charge in [-0.3, -0.25) is 4.79 Å². The van der Waals surface area contributed by atoms with Crippen LogP contribution in [-0.4, -0.2) is 46.0 Å². The van der Waals surface area contributed by atoms with E-state index in [1.54, 1.807) is 23.1 Å². The number of nitrogens with zero attached hydrogens (tertiary/aromatic N) is 4. The molecule has 1 aliphatic rings. The second-order valence-corrected chi connectivity index (χ2v) is 9.91. The van der Waals surface area contributed by atoms with Crippen LogP contribution >= 0.6 is 34.9 Å². The molecule has 9 heteroatoms. The van der Waals surface area contributed by atoms with Crippen LogP contribution in [0.2, 0.25) is 0 Å². The molecule has 0 radical (unpaired) electrons. The molecule has 1 aromatic carbocycles. The molecule has 0 saturated carbocycles. The van der Waals surface area contributed by atoms with Crippen LogP contribution in [0.1, 0.15) is 19.8 Å². The molecule has 3 aromatic rings. The Balaban J connectivity index is 1.44. The van der Waals surface area contributed by atoms with Gasteiger partial charge < -0.3 is 10.2 Å². The van der Waals surface area contributed by atoms with Gasteiger partial charge in [-0.25, -0.2) is 9.97 Å². The van der Waals surface area contributed by atoms with E-state index in [-0.39, 0.29) is 5.91 Å². The Hall–Kier alpha value is -1.84. The van der Waals surface area contributed by atoms with Gasteiger partial charge in [0.25, 0.3) is 0 Å². The van der Waals surface area contributed by atoms with Crippen LogP contribution < -0.4 is 10.2 Å². The Labute approximate surface area is 182 Å². The lowest BCUT2D eigenvalue weighted by atomic mass is 10.0. The average Bonchev–Trinajstić information content (AvgIpc) is 3.17. The molecule has 1 N–H and O–H groups in total. The lowest BCUT2D eigenvalue weighted by Crippen LogP contribution is -2.34. The monoisotopic (exact) mass is 445 g/mol. The number of aromatic nitrogens is 3. The number of hydrogen-bond acceptors (Lipinski definition) is 8. The summed E-state index contributed by atoms with van der Waals surface area (Å²) in [4.78, 5) is 29.3. The number of nitrogens with one attached hydrogen (secondary N) is 1. The smallest absolute Gasteiger partial charge is 0.234 e. The van der Waals surface area contributed by atoms with Gasteiger partial charge in [0, 0.05) is 23.7 Å². The normalized spacial score (nSPS) is 16.9. The van der Waals surface area contributed by atoms with Gasteiger partial charge in [0.2, 0.25) is 5.91 Å². The molecule has 2 aromatic heterocycles. The van der Waals surface area contributed by atoms with E-state index in [9.17, 15) is 4.79 Å². The van der Waals surface area contributed by atoms with Gasteiger partial charge in [-0.2, -0.15) is 4.98 Å². The minimum Gasteiger partial charge on any atom is -0.348 e. The fourth-order valence-corrected chi connectivity index (χ4v) is 5.74. The van der Waals surface area contributed by atoms with E-state index in [4.69, 9.17) is 4.98 Å². The van der Waals surface area contributed by atoms with Crippen LogP contribution in [0.15, 0.2) is 40.5 Å². The molecule has 0 unspecified atom stereocenters. The maximum absolute atomic E-state index is 12.4. The zero-order chi connectivity index (χ0) is 20.2. The first kappa shape index (κ1) is 20.4. The zero-order valence-electron chi connectivity index (χ0n) is 16.4. The number of thioether (sulfide) groups is 2. The molecule has 1 aliphatic heterocycles. The number of benzene rings is 1. The van der Waals surface area contributed by atoms with Crippen LogP contribution in [0.25, 0.3) is 10.3 Å². The van der Waals surface area contributed by atoms with E-state index >= 15 is 0 Å². The minimum atomic E-state index is -0.0467. The standard InChI is InChI=1S/C20H23N5OS3/c1-13-5-4-8-25(10-13)20-24-18-17(29-20)19(22-12-21-18)28-11-16(26)23-14-6-3-7-15(9-14)27-2/h3,6-7,9,12-13H,4-5,8,10-11H2,1-2H3,(H,23,26)/t13-/m1/s1. The van der Waals surface area contributed by atoms with E-state index in [0.29, 0.717) is 17.3 Å². The third kappa shape index (κ3) is 5.02. The summed E-state index contributed by atoms with van der Waals surface area (Å²) in [7, 11) is 0. The number of piperidine rings is 1. The van der Waals surface area contributed by atoms with Crippen molar-refractivity contribution in [2.75, 3.05) is 35.3 Å². The highest BCUT2D eigenvalue weighted by atomic mass is 32.2. The molecule has 3 heterocycles. The van der Waals surface area contributed by atoms with Crippen molar-refractivity contribution in [3.8, 4) is 0 Å². The minimum absolute atomic E-state index is 0.0467. The average molecular weight is 446 g/mol. The SMILES string of the molecule is CSc1cccc(NC(=O)CSc2ncnc3nc(N4CCC[C@@H](C)C4)sc23)c1. The topological polar surface area (TPSA) is 71.0 Å². The van der Waals surface area contributed by atoms with Crippen molar-refractivity contribution in [1.29, 1.82) is 0 Å². The maximum atomic E-state index is 12.4. The van der Waals surface area contributed by atoms with Crippen molar-refractivity contribution in [3.63, 3.8) is 0 Å². The van der Waals surface area contributed by atoms with Crippen molar-refractivity contribution in [1.82, 2.24) is 15.0 Å². The first-order valence-corrected chi connectivity index (χ1v) is 12.6. The van der Waals surface area contributed by atoms with Gasteiger partial charge in [-0.15, -0.1) is 11.8 Å². The van der Waals surface area contributed by atoms with Crippen molar-refractivity contribution >= 4 is 61.9 Å². The number of thiazole rings is 1. The van der Waals surface area contributed by atoms with Crippen molar-refractivity contribution in [3.05, 3.63) is 30.6 Å². The third-order valence-corrected chi connectivity index (χ3v) is 7.72. The quantitative estimate of drug-likeness (QED) is 0.433. The lowest BCUT2D eigenvalue weighted by molar-refractivity contribution is -0.113. The maximum Gasteiger partial charge on any atom is 0.234 e. The molecule has 6 nitrogen and oxygen atoms in total. The lowest BCUT2D eigenvalue weighted by Gasteiger charge is -2.30. The number of carbonyl (C=O) groups is 1. The molecule has 1 amide bonds. The highest BCUT2D eigenvalue weighted by Gasteiger charge is 2.21. The second kappa shape index (κ2) is 9.32. The number of fused-ring (bicyclic) bond motifs is 1. The largest absolute Gasteiger partial charge is 0.348 e. The van der Waals surface area contributed by atoms with Crippen molar-refractivity contribution in [2.24, 2.45) is 5.92 Å². The Morgan fingerprint density at radius 2 is 2.28 bits per heavy atom. The Bertz CT molecular complexity index is 1010. The van der Waals surface area contributed by atoms with Crippen LogP contribution in [0.5, 0.6) is 0 Å². The van der Waals surface area contributed by atoms with Gasteiger partial charge in [0.1, 0.15) is 16.1 Å². The van der Waals surface area contributed by atoms with Gasteiger partial charge in [0.05, 0.1) is 5.75 Å². The van der Waals surface area contributed by atoms with Crippen molar-refractivity contribution < 1.29 is 4.79 Å². The van der Waals surface area contributed by atoms with Crippen LogP contribution in [0.4, 0.5) is 10.8 Å². The number of anilines is 2. The van der Waals surface area contributed by atoms with E-state index in [2.05, 4.69) is 27.1 Å². The molecule has 1 atom stereocenters. The van der Waals surface area contributed by atoms with E-state index in [0.717, 1.165) is 38.5 Å². The summed E-state index contributed by atoms with van der Waals surface area (Å²) in [6, 6.07) is 7.85. The summed E-state index contributed by atoms with van der Waals surface area (Å²) in [6.45, 7) is 4.36. The molecule has 1 fully saturated rings. The van der Waals surface area contributed by atoms with E-state index in [1.165, 1.54) is 30.9 Å². The summed E-state index contributed by atoms with van der Waals surface area (Å²) >= 11 is 4.71. The molecule has 4 rings (SSSR count). The molecule has 29 heavy (non-hydrogen) atoms. The van der Waals surface area contributed by atoms with E-state index in [1.807, 2.05) is 30.5 Å². The summed E-state index contributed by atoms with van der Waals surface area (Å²) in [5.41, 5.74) is 1.53. The van der Waals surface area contributed by atoms with Crippen LogP contribution in [0, 0.1) is 5.92 Å². The van der Waals surface area contributed by atoms with Gasteiger partial charge in [0.15, 0.2) is 10.8 Å². The molecular formula is C20H23N5OS3. The molecule has 0 spiro atoms. The van der Waals surface area contributed by atoms with Gasteiger partial charge in [-0.05, 0) is 43.2 Å². The Morgan fingerprint density at radius 3 is 3.10 bits per heavy atom. The molecule has 152 valence electrons. The predicted octanol–water partition coefficient (Wildman–Crippen LogP) is 4.78. The fourth-order valence-electron chi connectivity index (χ4n) is 3.36. The summed E-state index contributed by atoms with van der Waals surface area (Å²) in [5.74, 6) is 0.933. The molecule has 0 aliphatic carbocycles. The number of carbonyl (C=O) groups excluding carboxylic acids is 1. The molecule has 0 bridgehead atoms. The predicted molar refractivity (Wildman–Crippen MR) is 123 cm³/mol. The van der Waals surface area contributed by atoms with Crippen LogP contribution in [-0.2, 0) is 4.79 Å². The summed E-state index contributed by atoms with van der Waals surface area (Å²) in [6.07, 6.45) is 6.03. The van der Waals surface area contributed by atoms with Gasteiger partial charge in [-0.1, -0.05) is 36.1 Å². The highest BCUT2D eigenvalue weighted by Crippen LogP contribution is 2.35. The van der Waals surface area contributed by atoms with E-state index < -0.39 is 0 Å². The first-order chi connectivity index (χ1) is 14.1. The second-order valence-electron chi connectivity index (χ2n) is 7.09. The van der Waals surface area contributed by atoms with Gasteiger partial charge >= 0.3 is 0 Å². The number of amides is 1.